The van der Waals surface area contributed by atoms with E-state index in [2.05, 4.69) is 124 Å². The molecule has 0 atom stereocenters. The number of anilines is 2. The fourth-order valence-electron chi connectivity index (χ4n) is 11.3. The van der Waals surface area contributed by atoms with Gasteiger partial charge in [-0.2, -0.15) is 12.1 Å². The van der Waals surface area contributed by atoms with Crippen LogP contribution in [0.2, 0.25) is 0 Å². The smallest absolute Gasteiger partial charge is 0.135 e. The Hall–Kier alpha value is -5.58. The number of ether oxygens (including phenoxy) is 1. The monoisotopic (exact) mass is 907 g/mol. The van der Waals surface area contributed by atoms with Crippen LogP contribution in [0.25, 0.3) is 39.0 Å². The van der Waals surface area contributed by atoms with Gasteiger partial charge in [0.25, 0.3) is 0 Å². The van der Waals surface area contributed by atoms with Crippen molar-refractivity contribution in [2.45, 2.75) is 37.5 Å². The maximum Gasteiger partial charge on any atom is 0.135 e. The van der Waals surface area contributed by atoms with Crippen molar-refractivity contribution >= 4 is 33.2 Å². The SMILES string of the molecule is [Pt].[c-]1c(Oc2[c-]c3c(cc2)c2ccccc2n3-c2cc(C3(c4ccccc4)C4CC5CC(C4)CC3C5)ccn2)cccc1N1[CH-]n2ccnc2-c2ccccc21. The molecule has 5 aliphatic rings. The Morgan fingerprint density at radius 3 is 2.29 bits per heavy atom. The predicted molar refractivity (Wildman–Crippen MR) is 217 cm³/mol. The van der Waals surface area contributed by atoms with E-state index in [1.54, 1.807) is 0 Å². The van der Waals surface area contributed by atoms with E-state index in [9.17, 15) is 0 Å². The van der Waals surface area contributed by atoms with E-state index in [0.717, 1.165) is 56.8 Å². The van der Waals surface area contributed by atoms with Crippen molar-refractivity contribution in [2.75, 3.05) is 4.90 Å². The van der Waals surface area contributed by atoms with Crippen LogP contribution < -0.4 is 9.64 Å². The zero-order valence-electron chi connectivity index (χ0n) is 30.7. The third-order valence-corrected chi connectivity index (χ3v) is 13.2. The van der Waals surface area contributed by atoms with Gasteiger partial charge in [-0.15, -0.1) is 35.7 Å². The van der Waals surface area contributed by atoms with Crippen molar-refractivity contribution < 1.29 is 25.8 Å². The molecule has 0 unspecified atom stereocenters. The van der Waals surface area contributed by atoms with Gasteiger partial charge in [0.2, 0.25) is 0 Å². The van der Waals surface area contributed by atoms with Gasteiger partial charge in [0.05, 0.1) is 0 Å². The Morgan fingerprint density at radius 2 is 1.43 bits per heavy atom. The van der Waals surface area contributed by atoms with Crippen LogP contribution in [0.1, 0.15) is 43.2 Å². The van der Waals surface area contributed by atoms with E-state index in [1.807, 2.05) is 54.1 Å². The molecule has 278 valence electrons. The number of para-hydroxylation sites is 2. The van der Waals surface area contributed by atoms with Crippen LogP contribution in [0.5, 0.6) is 11.5 Å². The molecular weight excluding hydrogens is 870 g/mol. The molecule has 56 heavy (non-hydrogen) atoms. The molecule has 1 aliphatic heterocycles. The molecule has 0 saturated heterocycles. The summed E-state index contributed by atoms with van der Waals surface area (Å²) in [7, 11) is 0. The Labute approximate surface area is 341 Å². The second-order valence-electron chi connectivity index (χ2n) is 16.0. The number of hydrogen-bond donors (Lipinski definition) is 0. The summed E-state index contributed by atoms with van der Waals surface area (Å²) in [6, 6.07) is 50.5. The van der Waals surface area contributed by atoms with Crippen molar-refractivity contribution in [1.82, 2.24) is 19.1 Å². The van der Waals surface area contributed by atoms with Gasteiger partial charge in [-0.25, -0.2) is 4.98 Å². The maximum atomic E-state index is 6.60. The first kappa shape index (κ1) is 33.7. The minimum absolute atomic E-state index is 0. The van der Waals surface area contributed by atoms with E-state index in [1.165, 1.54) is 48.6 Å². The number of imidazole rings is 1. The summed E-state index contributed by atoms with van der Waals surface area (Å²) in [6.45, 7) is 2.04. The second-order valence-corrected chi connectivity index (χ2v) is 16.0. The fourth-order valence-corrected chi connectivity index (χ4v) is 11.3. The zero-order chi connectivity index (χ0) is 36.1. The van der Waals surface area contributed by atoms with Crippen LogP contribution in [-0.4, -0.2) is 19.1 Å². The molecule has 4 bridgehead atoms. The molecule has 6 nitrogen and oxygen atoms in total. The second kappa shape index (κ2) is 13.0. The van der Waals surface area contributed by atoms with Crippen molar-refractivity contribution in [2.24, 2.45) is 23.7 Å². The van der Waals surface area contributed by atoms with Crippen LogP contribution in [-0.2, 0) is 26.5 Å². The number of fused-ring (bicyclic) bond motifs is 6. The Morgan fingerprint density at radius 1 is 0.661 bits per heavy atom. The molecule has 0 N–H and O–H groups in total. The summed E-state index contributed by atoms with van der Waals surface area (Å²) in [5, 5.41) is 2.29. The summed E-state index contributed by atoms with van der Waals surface area (Å²) in [5.74, 6) is 6.14. The standard InChI is InChI=1S/C49H38N5O.Pt/c1-2-9-34(10-3-1)49(36-24-32-23-33(26-36)27-37(49)25-32)35-19-20-50-47(28-35)54-45-16-7-4-13-41(45)42-18-17-40(30-46(42)54)55-39-12-8-11-38(29-39)53-31-52-22-21-51-48(52)43-14-5-6-15-44(43)53;/h1-22,28,31-33,36-37H,23-27H2;/q-3;. The largest absolute Gasteiger partial charge is 0.509 e. The van der Waals surface area contributed by atoms with E-state index >= 15 is 0 Å². The molecule has 0 radical (unpaired) electrons. The molecule has 5 aromatic carbocycles. The summed E-state index contributed by atoms with van der Waals surface area (Å²) in [6.07, 6.45) is 12.6. The van der Waals surface area contributed by atoms with Crippen molar-refractivity contribution in [3.05, 3.63) is 170 Å². The normalized spacial score (nSPS) is 23.0. The Bertz CT molecular complexity index is 2740. The molecule has 4 aliphatic carbocycles. The van der Waals surface area contributed by atoms with Crippen LogP contribution in [0.15, 0.2) is 140 Å². The number of pyridine rings is 1. The quantitative estimate of drug-likeness (QED) is 0.156. The zero-order valence-corrected chi connectivity index (χ0v) is 32.9. The van der Waals surface area contributed by atoms with Crippen LogP contribution in [0, 0.1) is 42.5 Å². The van der Waals surface area contributed by atoms with Gasteiger partial charge in [-0.05, 0) is 115 Å². The molecule has 3 aromatic heterocycles. The third-order valence-electron chi connectivity index (χ3n) is 13.2. The minimum atomic E-state index is -0.00427. The molecule has 4 saturated carbocycles. The molecule has 13 rings (SSSR count). The van der Waals surface area contributed by atoms with Gasteiger partial charge >= 0.3 is 0 Å². The number of benzene rings is 5. The van der Waals surface area contributed by atoms with Gasteiger partial charge in [-0.3, -0.25) is 0 Å². The van der Waals surface area contributed by atoms with Gasteiger partial charge < -0.3 is 23.8 Å². The topological polar surface area (TPSA) is 48.1 Å². The van der Waals surface area contributed by atoms with E-state index in [0.29, 0.717) is 23.3 Å². The number of hydrogen-bond acceptors (Lipinski definition) is 4. The molecule has 0 spiro atoms. The summed E-state index contributed by atoms with van der Waals surface area (Å²) in [5.41, 5.74) is 7.92. The average Bonchev–Trinajstić information content (AvgIpc) is 3.84. The number of aromatic nitrogens is 4. The van der Waals surface area contributed by atoms with Crippen molar-refractivity contribution in [3.8, 4) is 28.7 Å². The molecule has 4 heterocycles. The Balaban J connectivity index is 0.00000363. The van der Waals surface area contributed by atoms with Crippen LogP contribution in [0.3, 0.4) is 0 Å². The van der Waals surface area contributed by atoms with Gasteiger partial charge in [0.1, 0.15) is 5.82 Å². The fraction of sp³-hybridized carbons (Fsp3) is 0.204. The summed E-state index contributed by atoms with van der Waals surface area (Å²) >= 11 is 0. The molecule has 4 fully saturated rings. The first-order chi connectivity index (χ1) is 27.2. The van der Waals surface area contributed by atoms with Gasteiger partial charge in [0.15, 0.2) is 0 Å². The van der Waals surface area contributed by atoms with Crippen LogP contribution in [0.4, 0.5) is 11.4 Å². The maximum absolute atomic E-state index is 6.60. The third kappa shape index (κ3) is 5.01. The molecule has 0 amide bonds. The Kier molecular flexibility index (Phi) is 7.83. The van der Waals surface area contributed by atoms with Crippen molar-refractivity contribution in [1.29, 1.82) is 0 Å². The predicted octanol–water partition coefficient (Wildman–Crippen LogP) is 11.3. The van der Waals surface area contributed by atoms with Gasteiger partial charge in [0, 0.05) is 61.2 Å². The van der Waals surface area contributed by atoms with E-state index in [-0.39, 0.29) is 26.5 Å². The first-order valence-electron chi connectivity index (χ1n) is 19.7. The molecule has 8 aromatic rings. The van der Waals surface area contributed by atoms with E-state index in [4.69, 9.17) is 9.72 Å². The molecule has 7 heteroatoms. The molecular formula is C49H38N5OPt-3. The van der Waals surface area contributed by atoms with Crippen molar-refractivity contribution in [3.63, 3.8) is 0 Å². The number of rotatable bonds is 6. The summed E-state index contributed by atoms with van der Waals surface area (Å²) < 4.78 is 10.9. The average molecular weight is 908 g/mol. The minimum Gasteiger partial charge on any atom is -0.509 e. The number of nitrogens with zero attached hydrogens (tertiary/aromatic N) is 5. The summed E-state index contributed by atoms with van der Waals surface area (Å²) in [4.78, 5) is 11.8. The first-order valence-corrected chi connectivity index (χ1v) is 19.7. The van der Waals surface area contributed by atoms with E-state index < -0.39 is 0 Å². The van der Waals surface area contributed by atoms with Gasteiger partial charge in [-0.1, -0.05) is 84.1 Å². The van der Waals surface area contributed by atoms with Crippen LogP contribution >= 0.6 is 0 Å².